The minimum atomic E-state index is -0.548. The predicted octanol–water partition coefficient (Wildman–Crippen LogP) is 3.13. The van der Waals surface area contributed by atoms with Crippen molar-refractivity contribution in [2.24, 2.45) is 11.8 Å². The number of rotatable bonds is 9. The lowest BCUT2D eigenvalue weighted by Crippen LogP contribution is -2.59. The zero-order valence-corrected chi connectivity index (χ0v) is 22.1. The summed E-state index contributed by atoms with van der Waals surface area (Å²) >= 11 is 0. The molecule has 7 nitrogen and oxygen atoms in total. The van der Waals surface area contributed by atoms with Crippen LogP contribution in [0, 0.1) is 11.8 Å². The Morgan fingerprint density at radius 2 is 1.75 bits per heavy atom. The number of hydrogen-bond donors (Lipinski definition) is 2. The number of fused-ring (bicyclic) bond motifs is 1. The second-order valence-corrected chi connectivity index (χ2v) is 10.9. The van der Waals surface area contributed by atoms with Crippen LogP contribution in [-0.4, -0.2) is 72.3 Å². The van der Waals surface area contributed by atoms with Gasteiger partial charge in [-0.2, -0.15) is 0 Å². The summed E-state index contributed by atoms with van der Waals surface area (Å²) in [6.45, 7) is 4.01. The Kier molecular flexibility index (Phi) is 9.41. The van der Waals surface area contributed by atoms with Crippen molar-refractivity contribution in [3.63, 3.8) is 0 Å². The highest BCUT2D eigenvalue weighted by Gasteiger charge is 2.47. The van der Waals surface area contributed by atoms with Gasteiger partial charge in [0.2, 0.25) is 17.7 Å². The van der Waals surface area contributed by atoms with E-state index in [1.54, 1.807) is 7.05 Å². The molecule has 36 heavy (non-hydrogen) atoms. The molecule has 4 unspecified atom stereocenters. The molecule has 0 bridgehead atoms. The van der Waals surface area contributed by atoms with Gasteiger partial charge in [-0.15, -0.1) is 0 Å². The lowest BCUT2D eigenvalue weighted by atomic mass is 9.83. The summed E-state index contributed by atoms with van der Waals surface area (Å²) in [7, 11) is 1.78. The van der Waals surface area contributed by atoms with Crippen LogP contribution in [0.1, 0.15) is 70.3 Å². The van der Waals surface area contributed by atoms with E-state index in [0.717, 1.165) is 57.9 Å². The molecule has 4 atom stereocenters. The molecule has 198 valence electrons. The first-order chi connectivity index (χ1) is 17.5. The van der Waals surface area contributed by atoms with E-state index >= 15 is 0 Å². The number of carbonyl (C=O) groups is 3. The smallest absolute Gasteiger partial charge is 0.246 e. The molecular weight excluding hydrogens is 452 g/mol. The Labute approximate surface area is 216 Å². The van der Waals surface area contributed by atoms with Gasteiger partial charge in [-0.3, -0.25) is 14.4 Å². The van der Waals surface area contributed by atoms with Crippen molar-refractivity contribution in [1.29, 1.82) is 0 Å². The van der Waals surface area contributed by atoms with Crippen molar-refractivity contribution in [1.82, 2.24) is 20.4 Å². The fourth-order valence-corrected chi connectivity index (χ4v) is 6.51. The molecule has 0 aromatic heterocycles. The molecule has 1 aromatic rings. The maximum Gasteiger partial charge on any atom is 0.246 e. The van der Waals surface area contributed by atoms with Crippen molar-refractivity contribution in [2.45, 2.75) is 89.3 Å². The van der Waals surface area contributed by atoms with E-state index in [1.807, 2.05) is 34.9 Å². The standard InChI is InChI=1S/C29H44N4O3/c1-3-24(30-2)27(34)31-25(22-13-8-5-9-14-22)28(35)33-20-17-23-15-10-18-32(29(36)26(23)33)19-16-21-11-6-4-7-12-21/h4,6-7,11-12,22-26,30H,3,5,8-10,13-20H2,1-2H3,(H,31,34). The first kappa shape index (κ1) is 26.6. The Morgan fingerprint density at radius 1 is 1.00 bits per heavy atom. The van der Waals surface area contributed by atoms with E-state index in [0.29, 0.717) is 19.5 Å². The summed E-state index contributed by atoms with van der Waals surface area (Å²) in [6, 6.07) is 9.01. The lowest BCUT2D eigenvalue weighted by Gasteiger charge is -2.36. The molecule has 2 heterocycles. The third-order valence-corrected chi connectivity index (χ3v) is 8.65. The van der Waals surface area contributed by atoms with E-state index < -0.39 is 12.1 Å². The van der Waals surface area contributed by atoms with Crippen molar-refractivity contribution in [2.75, 3.05) is 26.7 Å². The van der Waals surface area contributed by atoms with E-state index in [4.69, 9.17) is 0 Å². The molecule has 3 aliphatic rings. The minimum absolute atomic E-state index is 0.0491. The molecule has 1 saturated carbocycles. The van der Waals surface area contributed by atoms with Gasteiger partial charge in [0.15, 0.2) is 0 Å². The number of amides is 3. The number of nitrogens with zero attached hydrogens (tertiary/aromatic N) is 2. The highest BCUT2D eigenvalue weighted by Crippen LogP contribution is 2.35. The summed E-state index contributed by atoms with van der Waals surface area (Å²) in [6.07, 6.45) is 9.57. The second-order valence-electron chi connectivity index (χ2n) is 10.9. The van der Waals surface area contributed by atoms with E-state index in [-0.39, 0.29) is 35.6 Å². The summed E-state index contributed by atoms with van der Waals surface area (Å²) in [4.78, 5) is 44.8. The summed E-state index contributed by atoms with van der Waals surface area (Å²) in [5, 5.41) is 6.20. The summed E-state index contributed by atoms with van der Waals surface area (Å²) in [5.41, 5.74) is 1.22. The SMILES string of the molecule is CCC(NC)C(=O)NC(C(=O)N1CCC2CCCN(CCc3ccccc3)C(=O)C21)C1CCCCC1. The van der Waals surface area contributed by atoms with Crippen LogP contribution in [0.5, 0.6) is 0 Å². The van der Waals surface area contributed by atoms with Crippen molar-refractivity contribution in [3.05, 3.63) is 35.9 Å². The normalized spacial score (nSPS) is 24.7. The molecule has 4 rings (SSSR count). The number of likely N-dealkylation sites (tertiary alicyclic amines) is 2. The van der Waals surface area contributed by atoms with Crippen LogP contribution in [0.15, 0.2) is 30.3 Å². The van der Waals surface area contributed by atoms with Crippen LogP contribution in [-0.2, 0) is 20.8 Å². The first-order valence-corrected chi connectivity index (χ1v) is 14.1. The summed E-state index contributed by atoms with van der Waals surface area (Å²) in [5.74, 6) is 0.281. The molecule has 2 N–H and O–H groups in total. The number of likely N-dealkylation sites (N-methyl/N-ethyl adjacent to an activating group) is 1. The van der Waals surface area contributed by atoms with Gasteiger partial charge < -0.3 is 20.4 Å². The largest absolute Gasteiger partial charge is 0.343 e. The number of benzene rings is 1. The predicted molar refractivity (Wildman–Crippen MR) is 141 cm³/mol. The van der Waals surface area contributed by atoms with Crippen LogP contribution in [0.4, 0.5) is 0 Å². The highest BCUT2D eigenvalue weighted by molar-refractivity contribution is 5.94. The van der Waals surface area contributed by atoms with Crippen LogP contribution in [0.25, 0.3) is 0 Å². The molecule has 0 radical (unpaired) electrons. The molecular formula is C29H44N4O3. The third-order valence-electron chi connectivity index (χ3n) is 8.65. The van der Waals surface area contributed by atoms with Gasteiger partial charge >= 0.3 is 0 Å². The molecule has 0 spiro atoms. The highest BCUT2D eigenvalue weighted by atomic mass is 16.2. The average Bonchev–Trinajstić information content (AvgIpc) is 3.27. The van der Waals surface area contributed by atoms with Gasteiger partial charge in [0.1, 0.15) is 12.1 Å². The third kappa shape index (κ3) is 6.10. The zero-order valence-electron chi connectivity index (χ0n) is 22.1. The topological polar surface area (TPSA) is 81.8 Å². The lowest BCUT2D eigenvalue weighted by molar-refractivity contribution is -0.147. The Balaban J connectivity index is 1.51. The van der Waals surface area contributed by atoms with E-state index in [1.165, 1.54) is 12.0 Å². The number of nitrogens with one attached hydrogen (secondary N) is 2. The van der Waals surface area contributed by atoms with Crippen LogP contribution >= 0.6 is 0 Å². The van der Waals surface area contributed by atoms with Crippen molar-refractivity contribution in [3.8, 4) is 0 Å². The Morgan fingerprint density at radius 3 is 2.44 bits per heavy atom. The maximum absolute atomic E-state index is 14.1. The molecule has 2 saturated heterocycles. The summed E-state index contributed by atoms with van der Waals surface area (Å²) < 4.78 is 0. The molecule has 7 heteroatoms. The van der Waals surface area contributed by atoms with Crippen LogP contribution in [0.3, 0.4) is 0 Å². The quantitative estimate of drug-likeness (QED) is 0.550. The molecule has 3 amide bonds. The van der Waals surface area contributed by atoms with Crippen molar-refractivity contribution >= 4 is 17.7 Å². The van der Waals surface area contributed by atoms with Gasteiger partial charge in [-0.25, -0.2) is 0 Å². The van der Waals surface area contributed by atoms with Gasteiger partial charge in [0.25, 0.3) is 0 Å². The van der Waals surface area contributed by atoms with Gasteiger partial charge in [-0.1, -0.05) is 56.5 Å². The molecule has 3 fully saturated rings. The second kappa shape index (κ2) is 12.7. The fourth-order valence-electron chi connectivity index (χ4n) is 6.51. The monoisotopic (exact) mass is 496 g/mol. The Hall–Kier alpha value is -2.41. The molecule has 1 aliphatic carbocycles. The molecule has 2 aliphatic heterocycles. The first-order valence-electron chi connectivity index (χ1n) is 14.1. The van der Waals surface area contributed by atoms with Crippen LogP contribution < -0.4 is 10.6 Å². The van der Waals surface area contributed by atoms with Gasteiger partial charge in [-0.05, 0) is 69.4 Å². The fraction of sp³-hybridized carbons (Fsp3) is 0.690. The van der Waals surface area contributed by atoms with Crippen molar-refractivity contribution < 1.29 is 14.4 Å². The number of carbonyl (C=O) groups excluding carboxylic acids is 3. The van der Waals surface area contributed by atoms with Crippen LogP contribution in [0.2, 0.25) is 0 Å². The average molecular weight is 497 g/mol. The maximum atomic E-state index is 14.1. The zero-order chi connectivity index (χ0) is 25.5. The van der Waals surface area contributed by atoms with E-state index in [2.05, 4.69) is 22.8 Å². The minimum Gasteiger partial charge on any atom is -0.343 e. The Bertz CT molecular complexity index is 882. The number of hydrogen-bond acceptors (Lipinski definition) is 4. The van der Waals surface area contributed by atoms with Gasteiger partial charge in [0.05, 0.1) is 6.04 Å². The molecule has 1 aromatic carbocycles. The van der Waals surface area contributed by atoms with Gasteiger partial charge in [0, 0.05) is 19.6 Å². The van der Waals surface area contributed by atoms with E-state index in [9.17, 15) is 14.4 Å².